The molecule has 2 aliphatic rings. The second kappa shape index (κ2) is 12.3. The fourth-order valence-electron chi connectivity index (χ4n) is 5.45. The van der Waals surface area contributed by atoms with Gasteiger partial charge in [-0.3, -0.25) is 14.5 Å². The van der Waals surface area contributed by atoms with Crippen molar-refractivity contribution in [2.45, 2.75) is 89.3 Å². The van der Waals surface area contributed by atoms with E-state index in [4.69, 9.17) is 9.26 Å². The van der Waals surface area contributed by atoms with Gasteiger partial charge in [0.25, 0.3) is 0 Å². The number of para-hydroxylation sites is 1. The van der Waals surface area contributed by atoms with E-state index in [-0.39, 0.29) is 17.9 Å². The van der Waals surface area contributed by atoms with Crippen LogP contribution in [0.2, 0.25) is 0 Å². The molecule has 196 valence electrons. The summed E-state index contributed by atoms with van der Waals surface area (Å²) in [6.45, 7) is 4.24. The predicted octanol–water partition coefficient (Wildman–Crippen LogP) is 3.48. The van der Waals surface area contributed by atoms with Gasteiger partial charge in [0.1, 0.15) is 11.3 Å². The van der Waals surface area contributed by atoms with Crippen molar-refractivity contribution in [2.75, 3.05) is 20.2 Å². The van der Waals surface area contributed by atoms with Crippen molar-refractivity contribution in [1.29, 1.82) is 0 Å². The summed E-state index contributed by atoms with van der Waals surface area (Å²) >= 11 is 0. The van der Waals surface area contributed by atoms with Crippen LogP contribution in [0, 0.1) is 0 Å². The lowest BCUT2D eigenvalue weighted by Crippen LogP contribution is -2.45. The Bertz CT molecular complexity index is 1010. The normalized spacial score (nSPS) is 18.8. The van der Waals surface area contributed by atoms with Gasteiger partial charge in [-0.1, -0.05) is 49.0 Å². The minimum Gasteiger partial charge on any atom is -0.496 e. The number of amides is 2. The molecular formula is C27H39N5O4. The molecule has 9 nitrogen and oxygen atoms in total. The molecule has 36 heavy (non-hydrogen) atoms. The standard InChI is InChI=1S/C27H39N5O4/c1-20(33)30-27(15-7-3-4-8-16-27)26-29-25(36-31-26)12-11-24(34)28-22-13-17-32(18-14-22)19-21-9-5-6-10-23(21)35-2/h5-6,9-10,22H,3-4,7-8,11-19H2,1-2H3,(H,28,34)(H,30,33). The molecule has 2 fully saturated rings. The summed E-state index contributed by atoms with van der Waals surface area (Å²) in [7, 11) is 1.70. The molecule has 1 saturated heterocycles. The van der Waals surface area contributed by atoms with Crippen LogP contribution in [-0.4, -0.2) is 53.1 Å². The summed E-state index contributed by atoms with van der Waals surface area (Å²) in [6.07, 6.45) is 8.47. The molecule has 2 heterocycles. The zero-order chi connectivity index (χ0) is 25.4. The van der Waals surface area contributed by atoms with Crippen LogP contribution >= 0.6 is 0 Å². The zero-order valence-electron chi connectivity index (χ0n) is 21.6. The molecule has 2 aromatic rings. The van der Waals surface area contributed by atoms with Gasteiger partial charge >= 0.3 is 0 Å². The Morgan fingerprint density at radius 1 is 1.14 bits per heavy atom. The summed E-state index contributed by atoms with van der Waals surface area (Å²) in [5, 5.41) is 10.5. The van der Waals surface area contributed by atoms with E-state index < -0.39 is 5.54 Å². The van der Waals surface area contributed by atoms with Crippen LogP contribution < -0.4 is 15.4 Å². The van der Waals surface area contributed by atoms with Crippen molar-refractivity contribution < 1.29 is 18.8 Å². The maximum atomic E-state index is 12.6. The summed E-state index contributed by atoms with van der Waals surface area (Å²) < 4.78 is 11.0. The van der Waals surface area contributed by atoms with Crippen LogP contribution in [-0.2, 0) is 28.1 Å². The van der Waals surface area contributed by atoms with E-state index in [2.05, 4.69) is 31.7 Å². The van der Waals surface area contributed by atoms with Gasteiger partial charge in [0.05, 0.1) is 7.11 Å². The highest BCUT2D eigenvalue weighted by molar-refractivity contribution is 5.76. The van der Waals surface area contributed by atoms with Gasteiger partial charge in [0.15, 0.2) is 5.82 Å². The Morgan fingerprint density at radius 2 is 1.86 bits per heavy atom. The van der Waals surface area contributed by atoms with Crippen LogP contribution in [0.5, 0.6) is 5.75 Å². The minimum absolute atomic E-state index is 0.00368. The Hall–Kier alpha value is -2.94. The number of benzene rings is 1. The molecule has 0 atom stereocenters. The lowest BCUT2D eigenvalue weighted by atomic mass is 9.89. The molecular weight excluding hydrogens is 458 g/mol. The number of methoxy groups -OCH3 is 1. The second-order valence-corrected chi connectivity index (χ2v) is 10.1. The maximum absolute atomic E-state index is 12.6. The largest absolute Gasteiger partial charge is 0.496 e. The second-order valence-electron chi connectivity index (χ2n) is 10.1. The molecule has 0 unspecified atom stereocenters. The van der Waals surface area contributed by atoms with E-state index in [1.165, 1.54) is 12.5 Å². The number of nitrogens with zero attached hydrogens (tertiary/aromatic N) is 3. The molecule has 1 aromatic carbocycles. The quantitative estimate of drug-likeness (QED) is 0.511. The van der Waals surface area contributed by atoms with E-state index in [9.17, 15) is 9.59 Å². The summed E-state index contributed by atoms with van der Waals surface area (Å²) in [5.74, 6) is 1.82. The van der Waals surface area contributed by atoms with E-state index in [0.29, 0.717) is 24.6 Å². The fraction of sp³-hybridized carbons (Fsp3) is 0.630. The van der Waals surface area contributed by atoms with E-state index in [0.717, 1.165) is 76.8 Å². The molecule has 1 saturated carbocycles. The van der Waals surface area contributed by atoms with Crippen molar-refractivity contribution in [2.24, 2.45) is 0 Å². The third-order valence-corrected chi connectivity index (χ3v) is 7.37. The number of carbonyl (C=O) groups is 2. The van der Waals surface area contributed by atoms with Crippen molar-refractivity contribution >= 4 is 11.8 Å². The summed E-state index contributed by atoms with van der Waals surface area (Å²) in [6, 6.07) is 8.29. The van der Waals surface area contributed by atoms with Gasteiger partial charge in [0, 0.05) is 51.0 Å². The lowest BCUT2D eigenvalue weighted by Gasteiger charge is -2.32. The van der Waals surface area contributed by atoms with Crippen molar-refractivity contribution in [3.8, 4) is 5.75 Å². The number of carbonyl (C=O) groups excluding carboxylic acids is 2. The van der Waals surface area contributed by atoms with Crippen LogP contribution in [0.25, 0.3) is 0 Å². The molecule has 0 radical (unpaired) electrons. The first-order valence-electron chi connectivity index (χ1n) is 13.2. The van der Waals surface area contributed by atoms with Crippen molar-refractivity contribution in [3.63, 3.8) is 0 Å². The topological polar surface area (TPSA) is 110 Å². The molecule has 0 spiro atoms. The maximum Gasteiger partial charge on any atom is 0.227 e. The molecule has 1 aliphatic carbocycles. The Balaban J connectivity index is 1.23. The van der Waals surface area contributed by atoms with Crippen LogP contribution in [0.15, 0.2) is 28.8 Å². The number of likely N-dealkylation sites (tertiary alicyclic amines) is 1. The number of ether oxygens (including phenoxy) is 1. The molecule has 2 amide bonds. The molecule has 2 N–H and O–H groups in total. The highest BCUT2D eigenvalue weighted by atomic mass is 16.5. The van der Waals surface area contributed by atoms with E-state index in [1.807, 2.05) is 18.2 Å². The third-order valence-electron chi connectivity index (χ3n) is 7.37. The summed E-state index contributed by atoms with van der Waals surface area (Å²) in [5.41, 5.74) is 0.620. The number of aryl methyl sites for hydroxylation is 1. The predicted molar refractivity (Wildman–Crippen MR) is 135 cm³/mol. The van der Waals surface area contributed by atoms with E-state index >= 15 is 0 Å². The first kappa shape index (κ1) is 26.1. The first-order valence-corrected chi connectivity index (χ1v) is 13.2. The van der Waals surface area contributed by atoms with Crippen LogP contribution in [0.1, 0.15) is 82.0 Å². The smallest absolute Gasteiger partial charge is 0.227 e. The average molecular weight is 498 g/mol. The SMILES string of the molecule is COc1ccccc1CN1CCC(NC(=O)CCc2nc(C3(NC(C)=O)CCCCCC3)no2)CC1. The average Bonchev–Trinajstić information content (AvgIpc) is 3.24. The molecule has 0 bridgehead atoms. The number of rotatable bonds is 9. The van der Waals surface area contributed by atoms with Gasteiger partial charge in [0.2, 0.25) is 17.7 Å². The summed E-state index contributed by atoms with van der Waals surface area (Å²) in [4.78, 5) is 31.5. The third kappa shape index (κ3) is 6.84. The number of piperidine rings is 1. The van der Waals surface area contributed by atoms with Crippen LogP contribution in [0.3, 0.4) is 0 Å². The Morgan fingerprint density at radius 3 is 2.56 bits per heavy atom. The highest BCUT2D eigenvalue weighted by Crippen LogP contribution is 2.34. The van der Waals surface area contributed by atoms with Crippen molar-refractivity contribution in [3.05, 3.63) is 41.5 Å². The van der Waals surface area contributed by atoms with Gasteiger partial charge in [-0.2, -0.15) is 4.98 Å². The fourth-order valence-corrected chi connectivity index (χ4v) is 5.45. The molecule has 1 aliphatic heterocycles. The lowest BCUT2D eigenvalue weighted by molar-refractivity contribution is -0.122. The Kier molecular flexibility index (Phi) is 8.96. The number of hydrogen-bond acceptors (Lipinski definition) is 7. The highest BCUT2D eigenvalue weighted by Gasteiger charge is 2.38. The van der Waals surface area contributed by atoms with E-state index in [1.54, 1.807) is 7.11 Å². The minimum atomic E-state index is -0.565. The molecule has 9 heteroatoms. The Labute approximate surface area is 213 Å². The zero-order valence-corrected chi connectivity index (χ0v) is 21.6. The van der Waals surface area contributed by atoms with Crippen LogP contribution in [0.4, 0.5) is 0 Å². The van der Waals surface area contributed by atoms with Gasteiger partial charge in [-0.15, -0.1) is 0 Å². The van der Waals surface area contributed by atoms with Gasteiger partial charge < -0.3 is 19.9 Å². The molecule has 1 aromatic heterocycles. The number of aromatic nitrogens is 2. The number of nitrogens with one attached hydrogen (secondary N) is 2. The van der Waals surface area contributed by atoms with Gasteiger partial charge in [-0.05, 0) is 31.7 Å². The monoisotopic (exact) mass is 497 g/mol. The first-order chi connectivity index (χ1) is 17.5. The van der Waals surface area contributed by atoms with Crippen molar-refractivity contribution in [1.82, 2.24) is 25.7 Å². The van der Waals surface area contributed by atoms with Gasteiger partial charge in [-0.25, -0.2) is 0 Å². The number of hydrogen-bond donors (Lipinski definition) is 2. The molecule has 4 rings (SSSR count).